The number of hydrogen-bond acceptors (Lipinski definition) is 7. The second kappa shape index (κ2) is 7.97. The number of aryl methyl sites for hydroxylation is 1. The molecule has 180 valence electrons. The maximum atomic E-state index is 13.2. The van der Waals surface area contributed by atoms with Gasteiger partial charge in [0.2, 0.25) is 0 Å². The number of likely N-dealkylation sites (tertiary alicyclic amines) is 1. The Hall–Kier alpha value is -3.14. The molecule has 2 aromatic heterocycles. The number of piperidine rings is 1. The first-order valence-corrected chi connectivity index (χ1v) is 12.9. The van der Waals surface area contributed by atoms with Crippen molar-refractivity contribution in [1.29, 1.82) is 0 Å². The van der Waals surface area contributed by atoms with Crippen molar-refractivity contribution in [3.63, 3.8) is 0 Å². The molecule has 1 N–H and O–H groups in total. The summed E-state index contributed by atoms with van der Waals surface area (Å²) in [6.45, 7) is 8.19. The number of rotatable bonds is 4. The van der Waals surface area contributed by atoms with Gasteiger partial charge in [0.1, 0.15) is 17.7 Å². The van der Waals surface area contributed by atoms with Crippen molar-refractivity contribution in [3.8, 4) is 0 Å². The number of carbonyl (C=O) groups is 1. The SMILES string of the molecule is Cc1ccc(S(=O)(=O)n2ccc3c(N[C@@H]4C[C@H]5C[C@H]4N(C(=O)OC(C)(C)C)C5)ncnc32)cc1. The quantitative estimate of drug-likeness (QED) is 0.602. The van der Waals surface area contributed by atoms with Crippen LogP contribution in [0.5, 0.6) is 0 Å². The average molecular weight is 484 g/mol. The zero-order valence-corrected chi connectivity index (χ0v) is 20.5. The van der Waals surface area contributed by atoms with Crippen molar-refractivity contribution < 1.29 is 17.9 Å². The minimum Gasteiger partial charge on any atom is -0.444 e. The van der Waals surface area contributed by atoms with Crippen LogP contribution in [-0.4, -0.2) is 57.6 Å². The Bertz CT molecular complexity index is 1340. The van der Waals surface area contributed by atoms with Gasteiger partial charge >= 0.3 is 6.09 Å². The van der Waals surface area contributed by atoms with Crippen LogP contribution in [0.3, 0.4) is 0 Å². The second-order valence-electron chi connectivity index (χ2n) is 10.2. The molecule has 0 unspecified atom stereocenters. The summed E-state index contributed by atoms with van der Waals surface area (Å²) in [6.07, 6.45) is 4.40. The molecule has 2 aliphatic rings. The number of nitrogens with one attached hydrogen (secondary N) is 1. The Labute approximate surface area is 199 Å². The van der Waals surface area contributed by atoms with E-state index in [1.165, 1.54) is 16.5 Å². The van der Waals surface area contributed by atoms with E-state index in [4.69, 9.17) is 4.74 Å². The number of anilines is 1. The lowest BCUT2D eigenvalue weighted by atomic mass is 10.1. The number of carbonyl (C=O) groups excluding carboxylic acids is 1. The van der Waals surface area contributed by atoms with Gasteiger partial charge in [-0.25, -0.2) is 27.2 Å². The third-order valence-electron chi connectivity index (χ3n) is 6.46. The molecule has 3 aromatic rings. The number of aromatic nitrogens is 3. The molecular weight excluding hydrogens is 454 g/mol. The van der Waals surface area contributed by atoms with Crippen molar-refractivity contribution in [2.24, 2.45) is 5.92 Å². The maximum absolute atomic E-state index is 13.2. The van der Waals surface area contributed by atoms with Crippen LogP contribution in [0.4, 0.5) is 10.6 Å². The zero-order valence-electron chi connectivity index (χ0n) is 19.7. The molecule has 2 fully saturated rings. The van der Waals surface area contributed by atoms with Crippen molar-refractivity contribution in [2.45, 2.75) is 63.1 Å². The molecule has 1 aliphatic carbocycles. The minimum atomic E-state index is -3.80. The van der Waals surface area contributed by atoms with Crippen molar-refractivity contribution >= 4 is 33.0 Å². The molecule has 1 saturated heterocycles. The van der Waals surface area contributed by atoms with E-state index < -0.39 is 15.6 Å². The van der Waals surface area contributed by atoms with Crippen LogP contribution >= 0.6 is 0 Å². The topological polar surface area (TPSA) is 106 Å². The van der Waals surface area contributed by atoms with E-state index in [0.717, 1.165) is 18.4 Å². The summed E-state index contributed by atoms with van der Waals surface area (Å²) in [6, 6.07) is 8.44. The summed E-state index contributed by atoms with van der Waals surface area (Å²) in [7, 11) is -3.80. The van der Waals surface area contributed by atoms with Crippen LogP contribution in [0.2, 0.25) is 0 Å². The third-order valence-corrected chi connectivity index (χ3v) is 8.14. The third kappa shape index (κ3) is 4.00. The summed E-state index contributed by atoms with van der Waals surface area (Å²) in [5.41, 5.74) is 0.744. The molecule has 1 amide bonds. The summed E-state index contributed by atoms with van der Waals surface area (Å²) >= 11 is 0. The van der Waals surface area contributed by atoms with Gasteiger partial charge in [0.15, 0.2) is 5.65 Å². The molecule has 0 radical (unpaired) electrons. The van der Waals surface area contributed by atoms with Crippen LogP contribution in [0.15, 0.2) is 47.8 Å². The largest absolute Gasteiger partial charge is 0.444 e. The van der Waals surface area contributed by atoms with Gasteiger partial charge in [0, 0.05) is 18.8 Å². The van der Waals surface area contributed by atoms with E-state index in [-0.39, 0.29) is 23.1 Å². The molecule has 3 atom stereocenters. The van der Waals surface area contributed by atoms with Crippen LogP contribution in [0, 0.1) is 12.8 Å². The smallest absolute Gasteiger partial charge is 0.410 e. The first-order chi connectivity index (χ1) is 16.0. The van der Waals surface area contributed by atoms with Gasteiger partial charge in [-0.3, -0.25) is 0 Å². The molecule has 5 rings (SSSR count). The summed E-state index contributed by atoms with van der Waals surface area (Å²) < 4.78 is 33.3. The number of ether oxygens (including phenoxy) is 1. The lowest BCUT2D eigenvalue weighted by Crippen LogP contribution is -2.49. The number of benzene rings is 1. The Morgan fingerprint density at radius 1 is 1.12 bits per heavy atom. The van der Waals surface area contributed by atoms with E-state index in [1.807, 2.05) is 32.6 Å². The normalized spacial score (nSPS) is 22.4. The van der Waals surface area contributed by atoms with Crippen LogP contribution in [0.25, 0.3) is 11.0 Å². The van der Waals surface area contributed by atoms with Gasteiger partial charge < -0.3 is 15.0 Å². The van der Waals surface area contributed by atoms with E-state index in [2.05, 4.69) is 15.3 Å². The number of fused-ring (bicyclic) bond motifs is 3. The summed E-state index contributed by atoms with van der Waals surface area (Å²) in [5.74, 6) is 0.961. The molecule has 1 aliphatic heterocycles. The lowest BCUT2D eigenvalue weighted by Gasteiger charge is -2.35. The Morgan fingerprint density at radius 3 is 2.53 bits per heavy atom. The van der Waals surface area contributed by atoms with E-state index in [1.54, 1.807) is 30.3 Å². The summed E-state index contributed by atoms with van der Waals surface area (Å²) in [4.78, 5) is 23.4. The standard InChI is InChI=1S/C24H29N5O4S/c1-15-5-7-17(8-6-15)34(31,32)29-10-9-18-21(25-14-26-22(18)29)27-19-11-16-12-20(19)28(13-16)23(30)33-24(2,3)4/h5-10,14,16,19-20H,11-13H2,1-4H3,(H,25,26,27)/t16-,19+,20+/m0/s1. The first kappa shape index (κ1) is 22.6. The monoisotopic (exact) mass is 483 g/mol. The molecule has 34 heavy (non-hydrogen) atoms. The Balaban J connectivity index is 1.41. The lowest BCUT2D eigenvalue weighted by molar-refractivity contribution is 0.0179. The van der Waals surface area contributed by atoms with Gasteiger partial charge in [-0.1, -0.05) is 17.7 Å². The van der Waals surface area contributed by atoms with E-state index in [9.17, 15) is 13.2 Å². The molecule has 3 heterocycles. The number of amides is 1. The number of nitrogens with zero attached hydrogens (tertiary/aromatic N) is 4. The van der Waals surface area contributed by atoms with Gasteiger partial charge in [-0.05, 0) is 64.7 Å². The highest BCUT2D eigenvalue weighted by Gasteiger charge is 2.48. The Kier molecular flexibility index (Phi) is 5.31. The Morgan fingerprint density at radius 2 is 1.85 bits per heavy atom. The van der Waals surface area contributed by atoms with Crippen molar-refractivity contribution in [1.82, 2.24) is 18.8 Å². The fourth-order valence-electron chi connectivity index (χ4n) is 4.95. The fraction of sp³-hybridized carbons (Fsp3) is 0.458. The van der Waals surface area contributed by atoms with E-state index >= 15 is 0 Å². The predicted octanol–water partition coefficient (Wildman–Crippen LogP) is 3.79. The predicted molar refractivity (Wildman–Crippen MR) is 128 cm³/mol. The van der Waals surface area contributed by atoms with E-state index in [0.29, 0.717) is 29.3 Å². The highest BCUT2D eigenvalue weighted by Crippen LogP contribution is 2.40. The average Bonchev–Trinajstić information content (AvgIpc) is 3.47. The summed E-state index contributed by atoms with van der Waals surface area (Å²) in [5, 5.41) is 4.08. The van der Waals surface area contributed by atoms with Crippen LogP contribution in [-0.2, 0) is 14.8 Å². The maximum Gasteiger partial charge on any atom is 0.410 e. The molecular formula is C24H29N5O4S. The van der Waals surface area contributed by atoms with Gasteiger partial charge in [0.05, 0.1) is 16.3 Å². The molecule has 1 aromatic carbocycles. The second-order valence-corrected chi connectivity index (χ2v) is 12.0. The molecule has 0 spiro atoms. The van der Waals surface area contributed by atoms with Gasteiger partial charge in [-0.15, -0.1) is 0 Å². The highest BCUT2D eigenvalue weighted by atomic mass is 32.2. The first-order valence-electron chi connectivity index (χ1n) is 11.4. The number of hydrogen-bond donors (Lipinski definition) is 1. The zero-order chi connectivity index (χ0) is 24.3. The molecule has 1 saturated carbocycles. The molecule has 10 heteroatoms. The fourth-order valence-corrected chi connectivity index (χ4v) is 6.25. The molecule has 2 bridgehead atoms. The molecule has 9 nitrogen and oxygen atoms in total. The van der Waals surface area contributed by atoms with Crippen LogP contribution in [0.1, 0.15) is 39.2 Å². The van der Waals surface area contributed by atoms with Crippen LogP contribution < -0.4 is 5.32 Å². The van der Waals surface area contributed by atoms with Gasteiger partial charge in [-0.2, -0.15) is 0 Å². The highest BCUT2D eigenvalue weighted by molar-refractivity contribution is 7.90. The van der Waals surface area contributed by atoms with Crippen molar-refractivity contribution in [2.75, 3.05) is 11.9 Å². The minimum absolute atomic E-state index is 0.00132. The van der Waals surface area contributed by atoms with Crippen molar-refractivity contribution in [3.05, 3.63) is 48.4 Å². The van der Waals surface area contributed by atoms with Gasteiger partial charge in [0.25, 0.3) is 10.0 Å².